The molecule has 1 atom stereocenters. The van der Waals surface area contributed by atoms with Crippen LogP contribution in [0.5, 0.6) is 5.75 Å². The summed E-state index contributed by atoms with van der Waals surface area (Å²) >= 11 is 0. The second-order valence-corrected chi connectivity index (χ2v) is 12.2. The van der Waals surface area contributed by atoms with E-state index in [2.05, 4.69) is 34.3 Å². The SMILES string of the molecule is CC(C)N1CCC[C@@H](Nc2nnc(-c3ccc(S(C)(=O)=O)cc3OCc3ccccc3)c3ccccc23)C1. The molecule has 0 bridgehead atoms. The second kappa shape index (κ2) is 11.1. The van der Waals surface area contributed by atoms with Gasteiger partial charge in [0.25, 0.3) is 0 Å². The zero-order valence-corrected chi connectivity index (χ0v) is 22.9. The fourth-order valence-corrected chi connectivity index (χ4v) is 5.62. The number of rotatable bonds is 8. The third-order valence-electron chi connectivity index (χ3n) is 7.08. The number of nitrogens with zero attached hydrogens (tertiary/aromatic N) is 3. The van der Waals surface area contributed by atoms with E-state index in [1.54, 1.807) is 18.2 Å². The molecule has 1 N–H and O–H groups in total. The maximum atomic E-state index is 12.3. The van der Waals surface area contributed by atoms with Crippen LogP contribution in [0.3, 0.4) is 0 Å². The van der Waals surface area contributed by atoms with E-state index < -0.39 is 9.84 Å². The Hall–Kier alpha value is -3.49. The van der Waals surface area contributed by atoms with Crippen LogP contribution in [-0.2, 0) is 16.4 Å². The number of anilines is 1. The van der Waals surface area contributed by atoms with Gasteiger partial charge in [-0.2, -0.15) is 0 Å². The predicted molar refractivity (Wildman–Crippen MR) is 152 cm³/mol. The summed E-state index contributed by atoms with van der Waals surface area (Å²) in [5.41, 5.74) is 2.34. The molecule has 1 aliphatic rings. The number of piperidine rings is 1. The maximum Gasteiger partial charge on any atom is 0.175 e. The molecule has 8 heteroatoms. The van der Waals surface area contributed by atoms with Crippen LogP contribution in [0.15, 0.2) is 77.7 Å². The first-order valence-electron chi connectivity index (χ1n) is 13.1. The number of nitrogens with one attached hydrogen (secondary N) is 1. The van der Waals surface area contributed by atoms with E-state index in [0.29, 0.717) is 35.7 Å². The lowest BCUT2D eigenvalue weighted by Gasteiger charge is -2.36. The molecular weight excluding hydrogens is 496 g/mol. The highest BCUT2D eigenvalue weighted by Crippen LogP contribution is 2.37. The van der Waals surface area contributed by atoms with Gasteiger partial charge in [0.1, 0.15) is 18.1 Å². The number of benzene rings is 3. The van der Waals surface area contributed by atoms with Gasteiger partial charge < -0.3 is 10.1 Å². The molecule has 0 spiro atoms. The molecule has 3 aromatic carbocycles. The highest BCUT2D eigenvalue weighted by atomic mass is 32.2. The van der Waals surface area contributed by atoms with E-state index in [0.717, 1.165) is 48.1 Å². The summed E-state index contributed by atoms with van der Waals surface area (Å²) in [6.07, 6.45) is 3.43. The minimum atomic E-state index is -3.41. The van der Waals surface area contributed by atoms with Crippen molar-refractivity contribution < 1.29 is 13.2 Å². The van der Waals surface area contributed by atoms with Crippen molar-refractivity contribution in [1.29, 1.82) is 0 Å². The summed E-state index contributed by atoms with van der Waals surface area (Å²) in [6, 6.07) is 23.6. The average molecular weight is 531 g/mol. The Balaban J connectivity index is 1.53. The Bertz CT molecular complexity index is 1520. The highest BCUT2D eigenvalue weighted by Gasteiger charge is 2.23. The number of hydrogen-bond acceptors (Lipinski definition) is 7. The lowest BCUT2D eigenvalue weighted by atomic mass is 10.0. The summed E-state index contributed by atoms with van der Waals surface area (Å²) in [7, 11) is -3.41. The van der Waals surface area contributed by atoms with Crippen molar-refractivity contribution in [3.05, 3.63) is 78.4 Å². The van der Waals surface area contributed by atoms with Gasteiger partial charge in [0.15, 0.2) is 15.7 Å². The van der Waals surface area contributed by atoms with Crippen molar-refractivity contribution in [1.82, 2.24) is 15.1 Å². The van der Waals surface area contributed by atoms with E-state index in [1.165, 1.54) is 6.26 Å². The molecule has 1 aliphatic heterocycles. The van der Waals surface area contributed by atoms with Crippen LogP contribution < -0.4 is 10.1 Å². The molecule has 4 aromatic rings. The van der Waals surface area contributed by atoms with Crippen LogP contribution in [0.25, 0.3) is 22.0 Å². The maximum absolute atomic E-state index is 12.3. The van der Waals surface area contributed by atoms with Crippen molar-refractivity contribution in [3.63, 3.8) is 0 Å². The number of aromatic nitrogens is 2. The lowest BCUT2D eigenvalue weighted by Crippen LogP contribution is -2.45. The number of hydrogen-bond donors (Lipinski definition) is 1. The zero-order valence-electron chi connectivity index (χ0n) is 22.1. The van der Waals surface area contributed by atoms with Gasteiger partial charge in [-0.05, 0) is 57.0 Å². The van der Waals surface area contributed by atoms with E-state index >= 15 is 0 Å². The van der Waals surface area contributed by atoms with E-state index in [9.17, 15) is 8.42 Å². The van der Waals surface area contributed by atoms with Crippen LogP contribution in [0.2, 0.25) is 0 Å². The third-order valence-corrected chi connectivity index (χ3v) is 8.20. The molecule has 5 rings (SSSR count). The quantitative estimate of drug-likeness (QED) is 0.319. The molecule has 1 aromatic heterocycles. The number of likely N-dealkylation sites (tertiary alicyclic amines) is 1. The largest absolute Gasteiger partial charge is 0.488 e. The molecule has 198 valence electrons. The Morgan fingerprint density at radius 3 is 2.47 bits per heavy atom. The molecular formula is C30H34N4O3S. The van der Waals surface area contributed by atoms with Crippen molar-refractivity contribution >= 4 is 26.4 Å². The van der Waals surface area contributed by atoms with Gasteiger partial charge >= 0.3 is 0 Å². The van der Waals surface area contributed by atoms with E-state index in [4.69, 9.17) is 4.74 Å². The third kappa shape index (κ3) is 5.81. The van der Waals surface area contributed by atoms with Crippen LogP contribution in [0.4, 0.5) is 5.82 Å². The first-order chi connectivity index (χ1) is 18.3. The van der Waals surface area contributed by atoms with Gasteiger partial charge in [0.2, 0.25) is 0 Å². The van der Waals surface area contributed by atoms with Gasteiger partial charge in [-0.15, -0.1) is 10.2 Å². The standard InChI is InChI=1S/C30H34N4O3S/c1-21(2)34-17-9-12-23(19-34)31-30-26-14-8-7-13-25(26)29(32-33-30)27-16-15-24(38(3,35)36)18-28(27)37-20-22-10-5-4-6-11-22/h4-8,10-11,13-16,18,21,23H,9,12,17,19-20H2,1-3H3,(H,31,33)/t23-/m1/s1. The monoisotopic (exact) mass is 530 g/mol. The Morgan fingerprint density at radius 2 is 1.74 bits per heavy atom. The Morgan fingerprint density at radius 1 is 1.00 bits per heavy atom. The number of fused-ring (bicyclic) bond motifs is 1. The van der Waals surface area contributed by atoms with Crippen molar-refractivity contribution in [2.45, 2.75) is 50.3 Å². The molecule has 0 amide bonds. The van der Waals surface area contributed by atoms with Gasteiger partial charge in [0, 0.05) is 41.2 Å². The summed E-state index contributed by atoms with van der Waals surface area (Å²) < 4.78 is 30.8. The van der Waals surface area contributed by atoms with E-state index in [-0.39, 0.29) is 4.90 Å². The van der Waals surface area contributed by atoms with E-state index in [1.807, 2.05) is 54.6 Å². The molecule has 2 heterocycles. The summed E-state index contributed by atoms with van der Waals surface area (Å²) in [5.74, 6) is 1.22. The van der Waals surface area contributed by atoms with Gasteiger partial charge in [0.05, 0.1) is 4.90 Å². The molecule has 0 unspecified atom stereocenters. The molecule has 1 fully saturated rings. The van der Waals surface area contributed by atoms with Crippen LogP contribution in [0.1, 0.15) is 32.3 Å². The summed E-state index contributed by atoms with van der Waals surface area (Å²) in [5, 5.41) is 14.8. The highest BCUT2D eigenvalue weighted by molar-refractivity contribution is 7.90. The Labute approximate surface area is 224 Å². The fraction of sp³-hybridized carbons (Fsp3) is 0.333. The van der Waals surface area contributed by atoms with Gasteiger partial charge in [-0.1, -0.05) is 54.6 Å². The summed E-state index contributed by atoms with van der Waals surface area (Å²) in [4.78, 5) is 2.69. The molecule has 1 saturated heterocycles. The zero-order chi connectivity index (χ0) is 26.7. The predicted octanol–water partition coefficient (Wildman–Crippen LogP) is 5.56. The van der Waals surface area contributed by atoms with Crippen LogP contribution in [0, 0.1) is 0 Å². The van der Waals surface area contributed by atoms with Crippen molar-refractivity contribution in [3.8, 4) is 17.0 Å². The molecule has 7 nitrogen and oxygen atoms in total. The van der Waals surface area contributed by atoms with Crippen molar-refractivity contribution in [2.24, 2.45) is 0 Å². The Kier molecular flexibility index (Phi) is 7.63. The smallest absolute Gasteiger partial charge is 0.175 e. The molecule has 0 aliphatic carbocycles. The van der Waals surface area contributed by atoms with Gasteiger partial charge in [-0.25, -0.2) is 8.42 Å². The number of ether oxygens (including phenoxy) is 1. The van der Waals surface area contributed by atoms with Crippen LogP contribution >= 0.6 is 0 Å². The first-order valence-corrected chi connectivity index (χ1v) is 15.0. The lowest BCUT2D eigenvalue weighted by molar-refractivity contribution is 0.175. The minimum absolute atomic E-state index is 0.201. The number of sulfone groups is 1. The molecule has 38 heavy (non-hydrogen) atoms. The molecule has 0 saturated carbocycles. The fourth-order valence-electron chi connectivity index (χ4n) is 4.98. The summed E-state index contributed by atoms with van der Waals surface area (Å²) in [6.45, 7) is 6.87. The van der Waals surface area contributed by atoms with Crippen molar-refractivity contribution in [2.75, 3.05) is 24.7 Å². The van der Waals surface area contributed by atoms with Gasteiger partial charge in [-0.3, -0.25) is 4.90 Å². The van der Waals surface area contributed by atoms with Crippen LogP contribution in [-0.4, -0.2) is 54.9 Å². The topological polar surface area (TPSA) is 84.4 Å². The molecule has 0 radical (unpaired) electrons. The minimum Gasteiger partial charge on any atom is -0.488 e. The second-order valence-electron chi connectivity index (χ2n) is 10.2. The first kappa shape index (κ1) is 26.1. The normalized spacial score (nSPS) is 16.6. The average Bonchev–Trinajstić information content (AvgIpc) is 2.92.